The Labute approximate surface area is 199 Å². The molecule has 3 aromatic rings. The van der Waals surface area contributed by atoms with Gasteiger partial charge in [0.25, 0.3) is 5.89 Å². The van der Waals surface area contributed by atoms with E-state index in [0.717, 1.165) is 31.8 Å². The van der Waals surface area contributed by atoms with Gasteiger partial charge in [0.2, 0.25) is 5.89 Å². The Morgan fingerprint density at radius 2 is 1.94 bits per heavy atom. The van der Waals surface area contributed by atoms with Gasteiger partial charge < -0.3 is 9.15 Å². The van der Waals surface area contributed by atoms with Gasteiger partial charge in [-0.15, -0.1) is 10.2 Å². The Kier molecular flexibility index (Phi) is 6.53. The topological polar surface area (TPSA) is 143 Å². The summed E-state index contributed by atoms with van der Waals surface area (Å²) in [5.41, 5.74) is 0.840. The summed E-state index contributed by atoms with van der Waals surface area (Å²) in [5, 5.41) is 8.80. The van der Waals surface area contributed by atoms with E-state index in [2.05, 4.69) is 15.2 Å². The first kappa shape index (κ1) is 24.3. The fraction of sp³-hybridized carbons (Fsp3) is 0.150. The number of hydrogen-bond acceptors (Lipinski definition) is 9. The van der Waals surface area contributed by atoms with Crippen LogP contribution in [0.4, 0.5) is 14.5 Å². The van der Waals surface area contributed by atoms with E-state index in [0.29, 0.717) is 11.4 Å². The molecular weight excluding hydrogens is 506 g/mol. The third kappa shape index (κ3) is 5.30. The van der Waals surface area contributed by atoms with Crippen LogP contribution in [0.3, 0.4) is 0 Å². The van der Waals surface area contributed by atoms with Gasteiger partial charge in [-0.1, -0.05) is 6.07 Å². The fourth-order valence-corrected chi connectivity index (χ4v) is 5.17. The molecule has 0 bridgehead atoms. The molecule has 0 aliphatic carbocycles. The van der Waals surface area contributed by atoms with Crippen molar-refractivity contribution < 1.29 is 30.6 Å². The number of halogens is 2. The van der Waals surface area contributed by atoms with E-state index in [4.69, 9.17) is 13.9 Å². The number of benzene rings is 1. The van der Waals surface area contributed by atoms with Crippen LogP contribution in [0, 0.1) is 4.78 Å². The van der Waals surface area contributed by atoms with Gasteiger partial charge in [0, 0.05) is 35.5 Å². The summed E-state index contributed by atoms with van der Waals surface area (Å²) < 4.78 is 83.8. The molecule has 0 unspecified atom stereocenters. The molecule has 0 atom stereocenters. The molecule has 0 radical (unpaired) electrons. The lowest BCUT2D eigenvalue weighted by molar-refractivity contribution is 0.116. The van der Waals surface area contributed by atoms with Crippen LogP contribution in [0.25, 0.3) is 11.5 Å². The smallest absolute Gasteiger partial charge is 0.330 e. The first-order valence-electron chi connectivity index (χ1n) is 9.76. The Morgan fingerprint density at radius 1 is 1.20 bits per heavy atom. The quantitative estimate of drug-likeness (QED) is 0.471. The summed E-state index contributed by atoms with van der Waals surface area (Å²) >= 11 is 0. The maximum atomic E-state index is 13.5. The minimum Gasteiger partial charge on any atom is -0.497 e. The molecule has 0 spiro atoms. The molecule has 0 amide bonds. The summed E-state index contributed by atoms with van der Waals surface area (Å²) in [6.45, 7) is -0.226. The molecule has 4 rings (SSSR count). The van der Waals surface area contributed by atoms with Crippen LogP contribution in [0.5, 0.6) is 5.75 Å². The minimum absolute atomic E-state index is 0.154. The highest BCUT2D eigenvalue weighted by atomic mass is 32.2. The largest absolute Gasteiger partial charge is 0.497 e. The molecular formula is C20H18F2N6O5S2. The number of alkyl halides is 2. The SMILES string of the molecule is COc1cccc(N(Cc2ccc(-c3nnc(C(F)F)o3)cn2)S(=O)(=O)N2C=CS(=N)(=O)C=C2)c1. The molecule has 0 saturated carbocycles. The number of nitrogens with one attached hydrogen (secondary N) is 1. The van der Waals surface area contributed by atoms with Gasteiger partial charge in [-0.3, -0.25) is 4.98 Å². The van der Waals surface area contributed by atoms with Gasteiger partial charge in [0.1, 0.15) is 5.75 Å². The minimum atomic E-state index is -4.25. The molecule has 1 N–H and O–H groups in total. The standard InChI is InChI=1S/C20H18F2N6O5S2/c1-32-17-4-2-3-16(11-17)28(35(30,31)27-7-9-34(23,29)10-8-27)13-15-6-5-14(12-24-15)19-25-26-20(33-19)18(21)22/h2-12,18,23H,13H2,1H3. The molecule has 184 valence electrons. The lowest BCUT2D eigenvalue weighted by atomic mass is 10.2. The fourth-order valence-electron chi connectivity index (χ4n) is 2.97. The van der Waals surface area contributed by atoms with Crippen molar-refractivity contribution in [3.63, 3.8) is 0 Å². The molecule has 1 aliphatic heterocycles. The first-order valence-corrected chi connectivity index (χ1v) is 12.8. The highest BCUT2D eigenvalue weighted by Crippen LogP contribution is 2.29. The lowest BCUT2D eigenvalue weighted by Gasteiger charge is -2.29. The number of nitrogens with zero attached hydrogens (tertiary/aromatic N) is 5. The monoisotopic (exact) mass is 524 g/mol. The average molecular weight is 525 g/mol. The van der Waals surface area contributed by atoms with Crippen LogP contribution in [-0.2, 0) is 26.5 Å². The van der Waals surface area contributed by atoms with Crippen molar-refractivity contribution in [2.75, 3.05) is 11.4 Å². The number of rotatable bonds is 8. The van der Waals surface area contributed by atoms with E-state index in [-0.39, 0.29) is 23.7 Å². The summed E-state index contributed by atoms with van der Waals surface area (Å²) in [4.78, 5) is 4.22. The molecule has 0 saturated heterocycles. The zero-order valence-corrected chi connectivity index (χ0v) is 19.6. The summed E-state index contributed by atoms with van der Waals surface area (Å²) in [7, 11) is -5.97. The van der Waals surface area contributed by atoms with Crippen LogP contribution in [0.15, 0.2) is 70.2 Å². The maximum absolute atomic E-state index is 13.5. The van der Waals surface area contributed by atoms with Crippen molar-refractivity contribution in [1.29, 1.82) is 4.78 Å². The Balaban J connectivity index is 1.67. The highest BCUT2D eigenvalue weighted by Gasteiger charge is 2.29. The number of ether oxygens (including phenoxy) is 1. The van der Waals surface area contributed by atoms with E-state index in [9.17, 15) is 21.4 Å². The van der Waals surface area contributed by atoms with Crippen LogP contribution < -0.4 is 9.04 Å². The molecule has 3 heterocycles. The lowest BCUT2D eigenvalue weighted by Crippen LogP contribution is -2.39. The van der Waals surface area contributed by atoms with Crippen molar-refractivity contribution in [2.45, 2.75) is 13.0 Å². The molecule has 2 aromatic heterocycles. The molecule has 35 heavy (non-hydrogen) atoms. The Hall–Kier alpha value is -3.85. The third-order valence-electron chi connectivity index (χ3n) is 4.71. The average Bonchev–Trinajstić information content (AvgIpc) is 3.33. The number of pyridine rings is 1. The summed E-state index contributed by atoms with van der Waals surface area (Å²) in [5.74, 6) is -0.561. The van der Waals surface area contributed by atoms with Gasteiger partial charge >= 0.3 is 16.6 Å². The van der Waals surface area contributed by atoms with Crippen LogP contribution in [0.1, 0.15) is 18.0 Å². The zero-order chi connectivity index (χ0) is 25.2. The third-order valence-corrected chi connectivity index (χ3v) is 7.44. The van der Waals surface area contributed by atoms with Crippen LogP contribution in [-0.4, -0.2) is 39.2 Å². The van der Waals surface area contributed by atoms with Gasteiger partial charge in [-0.05, 0) is 24.3 Å². The van der Waals surface area contributed by atoms with Crippen molar-refractivity contribution in [3.05, 3.63) is 77.4 Å². The zero-order valence-electron chi connectivity index (χ0n) is 18.0. The van der Waals surface area contributed by atoms with E-state index < -0.39 is 32.3 Å². The number of methoxy groups -OCH3 is 1. The van der Waals surface area contributed by atoms with Crippen LogP contribution >= 0.6 is 0 Å². The van der Waals surface area contributed by atoms with Crippen molar-refractivity contribution in [1.82, 2.24) is 19.5 Å². The summed E-state index contributed by atoms with van der Waals surface area (Å²) in [6, 6.07) is 9.31. The molecule has 1 aliphatic rings. The molecule has 1 aromatic carbocycles. The Bertz CT molecular complexity index is 1470. The Morgan fingerprint density at radius 3 is 2.54 bits per heavy atom. The second-order valence-corrected chi connectivity index (χ2v) is 10.6. The van der Waals surface area contributed by atoms with Gasteiger partial charge in [0.05, 0.1) is 40.3 Å². The van der Waals surface area contributed by atoms with Gasteiger partial charge in [-0.2, -0.15) is 17.2 Å². The van der Waals surface area contributed by atoms with Gasteiger partial charge in [-0.25, -0.2) is 17.6 Å². The van der Waals surface area contributed by atoms with Crippen LogP contribution in [0.2, 0.25) is 0 Å². The molecule has 0 fully saturated rings. The maximum Gasteiger partial charge on any atom is 0.330 e. The van der Waals surface area contributed by atoms with Gasteiger partial charge in [0.15, 0.2) is 0 Å². The second kappa shape index (κ2) is 9.42. The van der Waals surface area contributed by atoms with E-state index >= 15 is 0 Å². The predicted molar refractivity (Wildman–Crippen MR) is 122 cm³/mol. The second-order valence-electron chi connectivity index (χ2n) is 7.05. The first-order chi connectivity index (χ1) is 16.6. The number of aromatic nitrogens is 3. The predicted octanol–water partition coefficient (Wildman–Crippen LogP) is 3.63. The number of anilines is 1. The van der Waals surface area contributed by atoms with Crippen molar-refractivity contribution in [3.8, 4) is 17.2 Å². The molecule has 15 heteroatoms. The van der Waals surface area contributed by atoms with E-state index in [1.807, 2.05) is 0 Å². The van der Waals surface area contributed by atoms with E-state index in [1.54, 1.807) is 18.2 Å². The van der Waals surface area contributed by atoms with E-state index in [1.165, 1.54) is 31.5 Å². The van der Waals surface area contributed by atoms with Crippen molar-refractivity contribution in [2.24, 2.45) is 0 Å². The number of hydrogen-bond donors (Lipinski definition) is 1. The normalized spacial score (nSPS) is 14.9. The molecule has 11 nitrogen and oxygen atoms in total. The highest BCUT2D eigenvalue weighted by molar-refractivity contribution is 7.98. The van der Waals surface area contributed by atoms with Crippen molar-refractivity contribution >= 4 is 25.6 Å². The summed E-state index contributed by atoms with van der Waals surface area (Å²) in [6.07, 6.45) is 0.478.